The second-order valence-electron chi connectivity index (χ2n) is 6.20. The molecule has 0 bridgehead atoms. The third-order valence-electron chi connectivity index (χ3n) is 4.65. The third kappa shape index (κ3) is 2.19. The Kier molecular flexibility index (Phi) is 3.23. The van der Waals surface area contributed by atoms with Gasteiger partial charge in [0.2, 0.25) is 6.79 Å². The van der Waals surface area contributed by atoms with Gasteiger partial charge < -0.3 is 19.9 Å². The molecule has 0 spiro atoms. The van der Waals surface area contributed by atoms with Crippen LogP contribution in [-0.4, -0.2) is 22.5 Å². The van der Waals surface area contributed by atoms with E-state index in [1.54, 1.807) is 6.07 Å². The molecule has 1 aromatic carbocycles. The Morgan fingerprint density at radius 2 is 2.15 bits per heavy atom. The maximum atomic E-state index is 11.9. The normalized spacial score (nSPS) is 14.0. The summed E-state index contributed by atoms with van der Waals surface area (Å²) in [5.41, 5.74) is 9.57. The van der Waals surface area contributed by atoms with Crippen molar-refractivity contribution in [3.63, 3.8) is 0 Å². The molecular formula is C18H15N3O4S. The van der Waals surface area contributed by atoms with Crippen molar-refractivity contribution in [3.8, 4) is 33.6 Å². The van der Waals surface area contributed by atoms with Crippen molar-refractivity contribution in [2.75, 3.05) is 6.79 Å². The van der Waals surface area contributed by atoms with Crippen LogP contribution in [0, 0.1) is 0 Å². The molecule has 0 radical (unpaired) electrons. The second kappa shape index (κ2) is 5.50. The number of aromatic nitrogens is 2. The highest BCUT2D eigenvalue weighted by Crippen LogP contribution is 2.49. The third-order valence-corrected chi connectivity index (χ3v) is 5.77. The Morgan fingerprint density at radius 3 is 3.00 bits per heavy atom. The Bertz CT molecular complexity index is 1050. The Hall–Kier alpha value is -3.00. The van der Waals surface area contributed by atoms with Crippen molar-refractivity contribution in [2.24, 2.45) is 12.8 Å². The summed E-state index contributed by atoms with van der Waals surface area (Å²) < 4.78 is 18.7. The number of nitrogens with zero attached hydrogens (tertiary/aromatic N) is 2. The lowest BCUT2D eigenvalue weighted by Gasteiger charge is -2.16. The SMILES string of the molecule is Cn1ncc2c1-c1c(Oc3ccc4c(c3)OCO4)sc(C(N)=O)c1CC2. The Morgan fingerprint density at radius 1 is 1.31 bits per heavy atom. The lowest BCUT2D eigenvalue weighted by Crippen LogP contribution is -2.13. The molecule has 1 amide bonds. The van der Waals surface area contributed by atoms with E-state index >= 15 is 0 Å². The van der Waals surface area contributed by atoms with Crippen LogP contribution in [0.4, 0.5) is 0 Å². The molecule has 0 atom stereocenters. The molecule has 3 heterocycles. The van der Waals surface area contributed by atoms with Crippen LogP contribution in [0.2, 0.25) is 0 Å². The molecule has 0 saturated carbocycles. The molecule has 3 aromatic rings. The van der Waals surface area contributed by atoms with Crippen LogP contribution >= 0.6 is 11.3 Å². The van der Waals surface area contributed by atoms with Crippen molar-refractivity contribution >= 4 is 17.2 Å². The zero-order chi connectivity index (χ0) is 17.8. The predicted octanol–water partition coefficient (Wildman–Crippen LogP) is 2.87. The maximum absolute atomic E-state index is 11.9. The van der Waals surface area contributed by atoms with E-state index in [1.807, 2.05) is 30.1 Å². The average Bonchev–Trinajstić information content (AvgIpc) is 3.32. The molecule has 0 saturated heterocycles. The summed E-state index contributed by atoms with van der Waals surface area (Å²) in [6, 6.07) is 5.41. The Balaban J connectivity index is 1.64. The number of ether oxygens (including phenoxy) is 3. The summed E-state index contributed by atoms with van der Waals surface area (Å²) in [7, 11) is 1.89. The van der Waals surface area contributed by atoms with E-state index in [9.17, 15) is 4.79 Å². The number of hydrogen-bond acceptors (Lipinski definition) is 6. The lowest BCUT2D eigenvalue weighted by molar-refractivity contribution is 0.100. The maximum Gasteiger partial charge on any atom is 0.259 e. The van der Waals surface area contributed by atoms with Gasteiger partial charge in [0.05, 0.1) is 22.3 Å². The van der Waals surface area contributed by atoms with E-state index in [1.165, 1.54) is 11.3 Å². The zero-order valence-electron chi connectivity index (χ0n) is 13.9. The number of thiophene rings is 1. The van der Waals surface area contributed by atoms with Crippen LogP contribution in [-0.2, 0) is 19.9 Å². The molecule has 0 unspecified atom stereocenters. The molecule has 132 valence electrons. The molecule has 8 heteroatoms. The highest BCUT2D eigenvalue weighted by atomic mass is 32.1. The standard InChI is InChI=1S/C18H15N3O4S/c1-21-15-9(7-20-21)2-4-11-14(15)18(26-16(11)17(19)22)25-10-3-5-12-13(6-10)24-8-23-12/h3,5-7H,2,4,8H2,1H3,(H2,19,22). The highest BCUT2D eigenvalue weighted by Gasteiger charge is 2.31. The fraction of sp³-hybridized carbons (Fsp3) is 0.222. The van der Waals surface area contributed by atoms with Gasteiger partial charge in [-0.05, 0) is 36.1 Å². The van der Waals surface area contributed by atoms with E-state index < -0.39 is 5.91 Å². The van der Waals surface area contributed by atoms with Gasteiger partial charge in [0.25, 0.3) is 5.91 Å². The first-order chi connectivity index (χ1) is 12.6. The summed E-state index contributed by atoms with van der Waals surface area (Å²) in [6.45, 7) is 0.206. The summed E-state index contributed by atoms with van der Waals surface area (Å²) >= 11 is 1.28. The minimum Gasteiger partial charge on any atom is -0.454 e. The van der Waals surface area contributed by atoms with Gasteiger partial charge in [-0.15, -0.1) is 0 Å². The Labute approximate surface area is 152 Å². The van der Waals surface area contributed by atoms with Gasteiger partial charge in [0, 0.05) is 13.1 Å². The average molecular weight is 369 g/mol. The number of rotatable bonds is 3. The first kappa shape index (κ1) is 15.3. The molecule has 1 aliphatic heterocycles. The smallest absolute Gasteiger partial charge is 0.259 e. The quantitative estimate of drug-likeness (QED) is 0.767. The first-order valence-corrected chi connectivity index (χ1v) is 8.97. The number of fused-ring (bicyclic) bond motifs is 4. The van der Waals surface area contributed by atoms with Crippen LogP contribution < -0.4 is 19.9 Å². The van der Waals surface area contributed by atoms with E-state index in [2.05, 4.69) is 5.10 Å². The van der Waals surface area contributed by atoms with Gasteiger partial charge in [-0.1, -0.05) is 11.3 Å². The van der Waals surface area contributed by atoms with E-state index in [0.29, 0.717) is 27.2 Å². The van der Waals surface area contributed by atoms with Gasteiger partial charge in [-0.25, -0.2) is 0 Å². The molecule has 5 rings (SSSR count). The van der Waals surface area contributed by atoms with Crippen molar-refractivity contribution in [3.05, 3.63) is 40.4 Å². The molecule has 26 heavy (non-hydrogen) atoms. The number of carbonyl (C=O) groups is 1. The zero-order valence-corrected chi connectivity index (χ0v) is 14.8. The molecule has 1 aliphatic carbocycles. The van der Waals surface area contributed by atoms with Crippen molar-refractivity contribution < 1.29 is 19.0 Å². The number of hydrogen-bond donors (Lipinski definition) is 1. The summed E-state index contributed by atoms with van der Waals surface area (Å²) in [4.78, 5) is 12.5. The molecular weight excluding hydrogens is 354 g/mol. The number of carbonyl (C=O) groups excluding carboxylic acids is 1. The van der Waals surface area contributed by atoms with Crippen molar-refractivity contribution in [1.29, 1.82) is 0 Å². The number of aryl methyl sites for hydroxylation is 2. The molecule has 0 fully saturated rings. The number of benzene rings is 1. The minimum absolute atomic E-state index is 0.206. The number of amides is 1. The molecule has 2 aliphatic rings. The number of nitrogens with two attached hydrogens (primary N) is 1. The van der Waals surface area contributed by atoms with E-state index in [0.717, 1.165) is 35.2 Å². The number of primary amides is 1. The van der Waals surface area contributed by atoms with Gasteiger partial charge in [-0.2, -0.15) is 5.10 Å². The molecule has 2 N–H and O–H groups in total. The second-order valence-corrected chi connectivity index (χ2v) is 7.18. The van der Waals surface area contributed by atoms with Gasteiger partial charge in [-0.3, -0.25) is 9.48 Å². The summed E-state index contributed by atoms with van der Waals surface area (Å²) in [5, 5.41) is 5.00. The summed E-state index contributed by atoms with van der Waals surface area (Å²) in [5.74, 6) is 1.52. The van der Waals surface area contributed by atoms with Crippen LogP contribution in [0.15, 0.2) is 24.4 Å². The monoisotopic (exact) mass is 369 g/mol. The van der Waals surface area contributed by atoms with Gasteiger partial charge in [0.15, 0.2) is 16.6 Å². The molecule has 2 aromatic heterocycles. The fourth-order valence-corrected chi connectivity index (χ4v) is 4.56. The van der Waals surface area contributed by atoms with Gasteiger partial charge >= 0.3 is 0 Å². The van der Waals surface area contributed by atoms with E-state index in [4.69, 9.17) is 19.9 Å². The fourth-order valence-electron chi connectivity index (χ4n) is 3.49. The highest BCUT2D eigenvalue weighted by molar-refractivity contribution is 7.16. The van der Waals surface area contributed by atoms with Crippen LogP contribution in [0.5, 0.6) is 22.3 Å². The molecule has 7 nitrogen and oxygen atoms in total. The van der Waals surface area contributed by atoms with Crippen molar-refractivity contribution in [2.45, 2.75) is 12.8 Å². The summed E-state index contributed by atoms with van der Waals surface area (Å²) in [6.07, 6.45) is 3.44. The lowest BCUT2D eigenvalue weighted by atomic mass is 9.91. The van der Waals surface area contributed by atoms with Crippen molar-refractivity contribution in [1.82, 2.24) is 9.78 Å². The van der Waals surface area contributed by atoms with Crippen LogP contribution in [0.25, 0.3) is 11.3 Å². The predicted molar refractivity (Wildman–Crippen MR) is 95.1 cm³/mol. The largest absolute Gasteiger partial charge is 0.454 e. The van der Waals surface area contributed by atoms with Gasteiger partial charge in [0.1, 0.15) is 5.75 Å². The van der Waals surface area contributed by atoms with Crippen LogP contribution in [0.3, 0.4) is 0 Å². The first-order valence-electron chi connectivity index (χ1n) is 8.16. The van der Waals surface area contributed by atoms with E-state index in [-0.39, 0.29) is 6.79 Å². The minimum atomic E-state index is -0.433. The van der Waals surface area contributed by atoms with Crippen LogP contribution in [0.1, 0.15) is 20.8 Å². The topological polar surface area (TPSA) is 88.6 Å².